The van der Waals surface area contributed by atoms with Crippen molar-refractivity contribution < 1.29 is 14.3 Å². The van der Waals surface area contributed by atoms with Crippen LogP contribution in [0.25, 0.3) is 10.9 Å². The minimum atomic E-state index is -0.345. The number of anilines is 1. The van der Waals surface area contributed by atoms with Crippen LogP contribution in [0.5, 0.6) is 5.75 Å². The van der Waals surface area contributed by atoms with E-state index in [-0.39, 0.29) is 18.0 Å². The Morgan fingerprint density at radius 1 is 1.03 bits per heavy atom. The summed E-state index contributed by atoms with van der Waals surface area (Å²) in [5.74, 6) is 0.479. The van der Waals surface area contributed by atoms with Crippen molar-refractivity contribution in [1.29, 1.82) is 0 Å². The molecule has 30 heavy (non-hydrogen) atoms. The first-order valence-corrected chi connectivity index (χ1v) is 9.96. The van der Waals surface area contributed by atoms with Crippen molar-refractivity contribution >= 4 is 28.5 Å². The number of hydrogen-bond donors (Lipinski definition) is 3. The lowest BCUT2D eigenvalue weighted by molar-refractivity contribution is 0.0952. The zero-order valence-electron chi connectivity index (χ0n) is 17.1. The van der Waals surface area contributed by atoms with Crippen molar-refractivity contribution in [2.45, 2.75) is 26.3 Å². The molecule has 0 spiro atoms. The monoisotopic (exact) mass is 406 g/mol. The number of urea groups is 1. The molecule has 0 saturated carbocycles. The Morgan fingerprint density at radius 2 is 1.83 bits per heavy atom. The predicted octanol–water partition coefficient (Wildman–Crippen LogP) is 3.96. The highest BCUT2D eigenvalue weighted by atomic mass is 16.5. The average molecular weight is 406 g/mol. The van der Waals surface area contributed by atoms with Crippen LogP contribution in [0.2, 0.25) is 0 Å². The van der Waals surface area contributed by atoms with Crippen LogP contribution >= 0.6 is 0 Å². The highest BCUT2D eigenvalue weighted by Gasteiger charge is 2.13. The van der Waals surface area contributed by atoms with Gasteiger partial charge in [-0.05, 0) is 44.5 Å². The van der Waals surface area contributed by atoms with Crippen LogP contribution in [0.1, 0.15) is 30.6 Å². The zero-order chi connectivity index (χ0) is 21.3. The molecule has 0 fully saturated rings. The first-order valence-electron chi connectivity index (χ1n) is 9.96. The second-order valence-electron chi connectivity index (χ2n) is 7.09. The Morgan fingerprint density at radius 3 is 2.67 bits per heavy atom. The van der Waals surface area contributed by atoms with Crippen molar-refractivity contribution in [3.8, 4) is 5.75 Å². The van der Waals surface area contributed by atoms with Crippen molar-refractivity contribution in [2.75, 3.05) is 18.5 Å². The van der Waals surface area contributed by atoms with Gasteiger partial charge in [0.1, 0.15) is 11.3 Å². The lowest BCUT2D eigenvalue weighted by atomic mass is 10.1. The Bertz CT molecular complexity index is 1010. The molecule has 0 unspecified atom stereocenters. The van der Waals surface area contributed by atoms with Crippen LogP contribution in [0.3, 0.4) is 0 Å². The number of aromatic nitrogens is 1. The highest BCUT2D eigenvalue weighted by molar-refractivity contribution is 6.03. The van der Waals surface area contributed by atoms with E-state index in [2.05, 4.69) is 20.9 Å². The van der Waals surface area contributed by atoms with Crippen LogP contribution < -0.4 is 20.7 Å². The molecular weight excluding hydrogens is 380 g/mol. The summed E-state index contributed by atoms with van der Waals surface area (Å²) in [6.07, 6.45) is 2.38. The second kappa shape index (κ2) is 10.2. The first-order chi connectivity index (χ1) is 14.5. The number of rotatable bonds is 8. The summed E-state index contributed by atoms with van der Waals surface area (Å²) in [7, 11) is 0. The number of pyridine rings is 1. The van der Waals surface area contributed by atoms with Gasteiger partial charge >= 0.3 is 6.03 Å². The molecule has 0 aliphatic heterocycles. The summed E-state index contributed by atoms with van der Waals surface area (Å²) in [6.45, 7) is 4.64. The number of amides is 3. The molecule has 156 valence electrons. The fourth-order valence-corrected chi connectivity index (χ4v) is 2.95. The van der Waals surface area contributed by atoms with Gasteiger partial charge in [0.15, 0.2) is 0 Å². The van der Waals surface area contributed by atoms with Gasteiger partial charge in [0, 0.05) is 24.2 Å². The molecule has 3 N–H and O–H groups in total. The fraction of sp³-hybridized carbons (Fsp3) is 0.261. The smallest absolute Gasteiger partial charge is 0.319 e. The number of nitrogens with one attached hydrogen (secondary N) is 3. The van der Waals surface area contributed by atoms with Gasteiger partial charge in [-0.1, -0.05) is 30.3 Å². The molecule has 7 heteroatoms. The lowest BCUT2D eigenvalue weighted by Gasteiger charge is -2.14. The van der Waals surface area contributed by atoms with Crippen molar-refractivity contribution in [2.24, 2.45) is 0 Å². The number of carbonyl (C=O) groups excluding carboxylic acids is 2. The number of ether oxygens (including phenoxy) is 1. The molecule has 1 aromatic heterocycles. The molecule has 0 saturated heterocycles. The third-order valence-corrected chi connectivity index (χ3v) is 4.30. The molecule has 0 aliphatic carbocycles. The number of hydrogen-bond acceptors (Lipinski definition) is 4. The van der Waals surface area contributed by atoms with Gasteiger partial charge < -0.3 is 20.7 Å². The summed E-state index contributed by atoms with van der Waals surface area (Å²) in [6, 6.07) is 16.3. The molecular formula is C23H26N4O3. The largest absolute Gasteiger partial charge is 0.491 e. The van der Waals surface area contributed by atoms with E-state index >= 15 is 0 Å². The van der Waals surface area contributed by atoms with Gasteiger partial charge in [-0.25, -0.2) is 4.79 Å². The van der Waals surface area contributed by atoms with E-state index in [0.29, 0.717) is 30.8 Å². The van der Waals surface area contributed by atoms with E-state index in [4.69, 9.17) is 4.74 Å². The van der Waals surface area contributed by atoms with Gasteiger partial charge in [-0.2, -0.15) is 0 Å². The van der Waals surface area contributed by atoms with E-state index in [9.17, 15) is 9.59 Å². The molecule has 3 aromatic rings. The third-order valence-electron chi connectivity index (χ3n) is 4.30. The molecule has 7 nitrogen and oxygen atoms in total. The number of carbonyl (C=O) groups is 2. The molecule has 3 amide bonds. The van der Waals surface area contributed by atoms with Gasteiger partial charge in [0.25, 0.3) is 5.91 Å². The predicted molar refractivity (Wildman–Crippen MR) is 118 cm³/mol. The minimum Gasteiger partial charge on any atom is -0.491 e. The Hall–Kier alpha value is -3.61. The number of nitrogens with zero attached hydrogens (tertiary/aromatic N) is 1. The quantitative estimate of drug-likeness (QED) is 0.494. The summed E-state index contributed by atoms with van der Waals surface area (Å²) >= 11 is 0. The molecule has 3 rings (SSSR count). The average Bonchev–Trinajstić information content (AvgIpc) is 2.73. The lowest BCUT2D eigenvalue weighted by Crippen LogP contribution is -2.35. The van der Waals surface area contributed by atoms with Gasteiger partial charge in [0.05, 0.1) is 17.9 Å². The summed E-state index contributed by atoms with van der Waals surface area (Å²) < 4.78 is 5.84. The molecule has 0 radical (unpaired) electrons. The fourth-order valence-electron chi connectivity index (χ4n) is 2.95. The van der Waals surface area contributed by atoms with Crippen LogP contribution in [0.4, 0.5) is 10.5 Å². The number of para-hydroxylation sites is 2. The SMILES string of the molecule is CC(C)NC(=O)Nc1ccccc1C(=O)NCCCOc1cccc2cccnc12. The van der Waals surface area contributed by atoms with E-state index in [1.54, 1.807) is 30.5 Å². The normalized spacial score (nSPS) is 10.6. The Kier molecular flexibility index (Phi) is 7.21. The zero-order valence-corrected chi connectivity index (χ0v) is 17.1. The number of benzene rings is 2. The topological polar surface area (TPSA) is 92.4 Å². The molecule has 0 atom stereocenters. The van der Waals surface area contributed by atoms with Crippen LogP contribution in [0, 0.1) is 0 Å². The highest BCUT2D eigenvalue weighted by Crippen LogP contribution is 2.22. The summed E-state index contributed by atoms with van der Waals surface area (Å²) in [5.41, 5.74) is 1.70. The van der Waals surface area contributed by atoms with Gasteiger partial charge in [-0.3, -0.25) is 9.78 Å². The standard InChI is InChI=1S/C23H26N4O3/c1-16(2)26-23(29)27-19-11-4-3-10-18(19)22(28)25-14-7-15-30-20-12-5-8-17-9-6-13-24-21(17)20/h3-6,8-13,16H,7,14-15H2,1-2H3,(H,25,28)(H2,26,27,29). The second-order valence-corrected chi connectivity index (χ2v) is 7.09. The van der Waals surface area contributed by atoms with Gasteiger partial charge in [0.2, 0.25) is 0 Å². The Labute approximate surface area is 175 Å². The maximum atomic E-state index is 12.5. The molecule has 1 heterocycles. The van der Waals surface area contributed by atoms with Crippen molar-refractivity contribution in [3.63, 3.8) is 0 Å². The van der Waals surface area contributed by atoms with E-state index in [1.165, 1.54) is 0 Å². The van der Waals surface area contributed by atoms with Crippen LogP contribution in [-0.4, -0.2) is 36.1 Å². The maximum absolute atomic E-state index is 12.5. The first kappa shape index (κ1) is 21.1. The van der Waals surface area contributed by atoms with Gasteiger partial charge in [-0.15, -0.1) is 0 Å². The van der Waals surface area contributed by atoms with Crippen molar-refractivity contribution in [3.05, 3.63) is 66.4 Å². The third kappa shape index (κ3) is 5.70. The molecule has 0 aliphatic rings. The minimum absolute atomic E-state index is 0.00271. The maximum Gasteiger partial charge on any atom is 0.319 e. The Balaban J connectivity index is 1.50. The molecule has 0 bridgehead atoms. The van der Waals surface area contributed by atoms with Crippen LogP contribution in [0.15, 0.2) is 60.8 Å². The van der Waals surface area contributed by atoms with E-state index in [1.807, 2.05) is 44.2 Å². The summed E-state index contributed by atoms with van der Waals surface area (Å²) in [5, 5.41) is 9.36. The molecule has 2 aromatic carbocycles. The van der Waals surface area contributed by atoms with E-state index in [0.717, 1.165) is 16.7 Å². The summed E-state index contributed by atoms with van der Waals surface area (Å²) in [4.78, 5) is 28.9. The van der Waals surface area contributed by atoms with Crippen LogP contribution in [-0.2, 0) is 0 Å². The van der Waals surface area contributed by atoms with Crippen molar-refractivity contribution in [1.82, 2.24) is 15.6 Å². The number of fused-ring (bicyclic) bond motifs is 1. The van der Waals surface area contributed by atoms with E-state index < -0.39 is 0 Å².